The Labute approximate surface area is 149 Å². The van der Waals surface area contributed by atoms with Gasteiger partial charge in [0.25, 0.3) is 0 Å². The number of aromatic nitrogens is 1. The monoisotopic (exact) mass is 353 g/mol. The summed E-state index contributed by atoms with van der Waals surface area (Å²) in [5.74, 6) is 0. The summed E-state index contributed by atoms with van der Waals surface area (Å²) in [4.78, 5) is 10.7. The van der Waals surface area contributed by atoms with E-state index in [-0.39, 0.29) is 5.41 Å². The Balaban J connectivity index is 1.64. The number of hydrogen-bond acceptors (Lipinski definition) is 6. The van der Waals surface area contributed by atoms with Crippen LogP contribution in [-0.2, 0) is 11.3 Å². The zero-order valence-corrected chi connectivity index (χ0v) is 16.3. The molecule has 0 aromatic carbocycles. The molecular formula is C18H31N3O2S. The first-order chi connectivity index (χ1) is 11.3. The smallest absolute Gasteiger partial charge is 0.0900 e. The van der Waals surface area contributed by atoms with Crippen molar-refractivity contribution in [2.75, 3.05) is 45.9 Å². The van der Waals surface area contributed by atoms with Crippen molar-refractivity contribution in [2.45, 2.75) is 46.3 Å². The van der Waals surface area contributed by atoms with Gasteiger partial charge >= 0.3 is 0 Å². The number of thiazole rings is 1. The molecule has 1 N–H and O–H groups in total. The van der Waals surface area contributed by atoms with Crippen LogP contribution in [0.3, 0.4) is 0 Å². The Morgan fingerprint density at radius 1 is 1.17 bits per heavy atom. The summed E-state index contributed by atoms with van der Waals surface area (Å²) in [6.07, 6.45) is 0.828. The quantitative estimate of drug-likeness (QED) is 0.898. The number of hydrogen-bond donors (Lipinski definition) is 1. The van der Waals surface area contributed by atoms with E-state index in [0.29, 0.717) is 0 Å². The molecule has 136 valence electrons. The van der Waals surface area contributed by atoms with Gasteiger partial charge in [0.2, 0.25) is 0 Å². The summed E-state index contributed by atoms with van der Waals surface area (Å²) in [6, 6.07) is 0. The van der Waals surface area contributed by atoms with E-state index < -0.39 is 5.60 Å². The molecule has 0 spiro atoms. The average Bonchev–Trinajstić information content (AvgIpc) is 2.82. The van der Waals surface area contributed by atoms with Crippen molar-refractivity contribution in [2.24, 2.45) is 5.41 Å². The zero-order valence-electron chi connectivity index (χ0n) is 15.5. The Hall–Kier alpha value is -0.530. The van der Waals surface area contributed by atoms with Crippen LogP contribution in [0.1, 0.15) is 35.8 Å². The lowest BCUT2D eigenvalue weighted by molar-refractivity contribution is -0.140. The molecule has 6 heteroatoms. The minimum Gasteiger partial charge on any atom is -0.388 e. The summed E-state index contributed by atoms with van der Waals surface area (Å²) in [5, 5.41) is 12.5. The molecule has 3 rings (SSSR count). The van der Waals surface area contributed by atoms with Crippen molar-refractivity contribution in [3.63, 3.8) is 0 Å². The molecule has 2 aliphatic rings. The number of rotatable bonds is 4. The second kappa shape index (κ2) is 7.00. The molecule has 0 aliphatic carbocycles. The largest absolute Gasteiger partial charge is 0.388 e. The van der Waals surface area contributed by atoms with Crippen LogP contribution in [0.5, 0.6) is 0 Å². The van der Waals surface area contributed by atoms with Crippen molar-refractivity contribution in [1.29, 1.82) is 0 Å². The predicted molar refractivity (Wildman–Crippen MR) is 97.5 cm³/mol. The highest BCUT2D eigenvalue weighted by Crippen LogP contribution is 2.40. The molecule has 1 atom stereocenters. The Kier molecular flexibility index (Phi) is 5.33. The lowest BCUT2D eigenvalue weighted by atomic mass is 9.69. The Bertz CT molecular complexity index is 569. The first kappa shape index (κ1) is 18.3. The van der Waals surface area contributed by atoms with Gasteiger partial charge in [-0.25, -0.2) is 4.98 Å². The maximum atomic E-state index is 11.4. The second-order valence-corrected chi connectivity index (χ2v) is 9.29. The average molecular weight is 354 g/mol. The number of likely N-dealkylation sites (tertiary alicyclic amines) is 1. The lowest BCUT2D eigenvalue weighted by Gasteiger charge is -2.52. The maximum Gasteiger partial charge on any atom is 0.0900 e. The van der Waals surface area contributed by atoms with Crippen molar-refractivity contribution < 1.29 is 9.84 Å². The van der Waals surface area contributed by atoms with Crippen LogP contribution < -0.4 is 0 Å². The van der Waals surface area contributed by atoms with Gasteiger partial charge in [-0.15, -0.1) is 11.3 Å². The standard InChI is InChI=1S/C18H31N3O2S/c1-14-16(24-15(2)19-14)11-21-6-5-18(22,17(3,4)12-21)13-20-7-9-23-10-8-20/h22H,5-13H2,1-4H3/t18-/m0/s1. The summed E-state index contributed by atoms with van der Waals surface area (Å²) < 4.78 is 5.43. The van der Waals surface area contributed by atoms with Gasteiger partial charge in [0, 0.05) is 49.6 Å². The van der Waals surface area contributed by atoms with Gasteiger partial charge in [0.15, 0.2) is 0 Å². The van der Waals surface area contributed by atoms with E-state index in [9.17, 15) is 5.11 Å². The number of aryl methyl sites for hydroxylation is 2. The molecule has 5 nitrogen and oxygen atoms in total. The third-order valence-electron chi connectivity index (χ3n) is 5.68. The van der Waals surface area contributed by atoms with Crippen LogP contribution in [0.4, 0.5) is 0 Å². The van der Waals surface area contributed by atoms with Crippen LogP contribution >= 0.6 is 11.3 Å². The van der Waals surface area contributed by atoms with Gasteiger partial charge < -0.3 is 9.84 Å². The number of nitrogens with zero attached hydrogens (tertiary/aromatic N) is 3. The Morgan fingerprint density at radius 3 is 2.46 bits per heavy atom. The normalized spacial score (nSPS) is 29.0. The molecule has 0 bridgehead atoms. The fraction of sp³-hybridized carbons (Fsp3) is 0.833. The minimum absolute atomic E-state index is 0.128. The number of ether oxygens (including phenoxy) is 1. The van der Waals surface area contributed by atoms with Crippen molar-refractivity contribution in [1.82, 2.24) is 14.8 Å². The highest BCUT2D eigenvalue weighted by Gasteiger charge is 2.48. The molecule has 0 amide bonds. The van der Waals surface area contributed by atoms with Crippen LogP contribution in [0.2, 0.25) is 0 Å². The topological polar surface area (TPSA) is 48.8 Å². The molecule has 3 heterocycles. The lowest BCUT2D eigenvalue weighted by Crippen LogP contribution is -2.62. The summed E-state index contributed by atoms with van der Waals surface area (Å²) in [5.41, 5.74) is 0.404. The Morgan fingerprint density at radius 2 is 1.88 bits per heavy atom. The van der Waals surface area contributed by atoms with Crippen LogP contribution in [0, 0.1) is 19.3 Å². The number of morpholine rings is 1. The molecule has 2 fully saturated rings. The molecular weight excluding hydrogens is 322 g/mol. The van der Waals surface area contributed by atoms with E-state index in [1.54, 1.807) is 11.3 Å². The third-order valence-corrected chi connectivity index (χ3v) is 6.73. The SMILES string of the molecule is Cc1nc(C)c(CN2CC[C@](O)(CN3CCOCC3)C(C)(C)C2)s1. The fourth-order valence-corrected chi connectivity index (χ4v) is 4.93. The van der Waals surface area contributed by atoms with Gasteiger partial charge in [-0.1, -0.05) is 13.8 Å². The minimum atomic E-state index is -0.625. The molecule has 24 heavy (non-hydrogen) atoms. The molecule has 2 aliphatic heterocycles. The summed E-state index contributed by atoms with van der Waals surface area (Å²) >= 11 is 1.80. The summed E-state index contributed by atoms with van der Waals surface area (Å²) in [6.45, 7) is 15.6. The van der Waals surface area contributed by atoms with Crippen LogP contribution in [0.15, 0.2) is 0 Å². The molecule has 2 saturated heterocycles. The third kappa shape index (κ3) is 3.83. The number of piperidine rings is 1. The van der Waals surface area contributed by atoms with Crippen molar-refractivity contribution >= 4 is 11.3 Å². The predicted octanol–water partition coefficient (Wildman–Crippen LogP) is 2.06. The second-order valence-electron chi connectivity index (χ2n) is 8.01. The van der Waals surface area contributed by atoms with E-state index in [0.717, 1.165) is 69.6 Å². The number of β-amino-alcohol motifs (C(OH)–C–C–N with tert-alkyl or cyclic N) is 1. The van der Waals surface area contributed by atoms with Gasteiger partial charge in [-0.3, -0.25) is 9.80 Å². The van der Waals surface area contributed by atoms with Gasteiger partial charge in [-0.2, -0.15) is 0 Å². The van der Waals surface area contributed by atoms with E-state index in [4.69, 9.17) is 4.74 Å². The van der Waals surface area contributed by atoms with Crippen LogP contribution in [0.25, 0.3) is 0 Å². The van der Waals surface area contributed by atoms with E-state index in [1.807, 2.05) is 0 Å². The molecule has 1 aromatic heterocycles. The fourth-order valence-electron chi connectivity index (χ4n) is 3.95. The first-order valence-electron chi connectivity index (χ1n) is 8.97. The molecule has 1 aromatic rings. The highest BCUT2D eigenvalue weighted by molar-refractivity contribution is 7.11. The van der Waals surface area contributed by atoms with Crippen LogP contribution in [-0.4, -0.2) is 71.4 Å². The van der Waals surface area contributed by atoms with Gasteiger partial charge in [0.05, 0.1) is 29.5 Å². The first-order valence-corrected chi connectivity index (χ1v) is 9.78. The maximum absolute atomic E-state index is 11.4. The summed E-state index contributed by atoms with van der Waals surface area (Å²) in [7, 11) is 0. The molecule has 0 saturated carbocycles. The zero-order chi connectivity index (χ0) is 17.4. The number of aliphatic hydroxyl groups is 1. The van der Waals surface area contributed by atoms with Crippen molar-refractivity contribution in [3.05, 3.63) is 15.6 Å². The van der Waals surface area contributed by atoms with Gasteiger partial charge in [-0.05, 0) is 20.3 Å². The van der Waals surface area contributed by atoms with E-state index in [1.165, 1.54) is 4.88 Å². The molecule has 0 unspecified atom stereocenters. The highest BCUT2D eigenvalue weighted by atomic mass is 32.1. The van der Waals surface area contributed by atoms with E-state index in [2.05, 4.69) is 42.5 Å². The molecule has 0 radical (unpaired) electrons. The van der Waals surface area contributed by atoms with Crippen molar-refractivity contribution in [3.8, 4) is 0 Å². The van der Waals surface area contributed by atoms with E-state index >= 15 is 0 Å². The van der Waals surface area contributed by atoms with Gasteiger partial charge in [0.1, 0.15) is 0 Å².